The Morgan fingerprint density at radius 3 is 2.20 bits per heavy atom. The van der Waals surface area contributed by atoms with Gasteiger partial charge >= 0.3 is 0 Å². The average molecular weight is 225 g/mol. The van der Waals surface area contributed by atoms with E-state index in [-0.39, 0.29) is 0 Å². The van der Waals surface area contributed by atoms with Crippen LogP contribution in [0.2, 0.25) is 0 Å². The number of hydrogen-bond donors (Lipinski definition) is 0. The maximum Gasteiger partial charge on any atom is 0.116 e. The molecule has 0 aliphatic heterocycles. The zero-order valence-corrected chi connectivity index (χ0v) is 7.67. The minimum Gasteiger partial charge on any atom is -0.208 e. The number of halogens is 3. The van der Waals surface area contributed by atoms with E-state index in [9.17, 15) is 4.39 Å². The van der Waals surface area contributed by atoms with Crippen LogP contribution in [0.4, 0.5) is 4.39 Å². The monoisotopic (exact) mass is 224 g/mol. The third kappa shape index (κ3) is 3.85. The SMILES string of the molecule is C=C(F)/C=C(/CBr)C(=C)Cl. The Kier molecular flexibility index (Phi) is 4.65. The lowest BCUT2D eigenvalue weighted by Gasteiger charge is -1.96. The highest BCUT2D eigenvalue weighted by Gasteiger charge is 1.97. The first-order chi connectivity index (χ1) is 4.57. The van der Waals surface area contributed by atoms with Crippen molar-refractivity contribution in [3.05, 3.63) is 35.7 Å². The fourth-order valence-corrected chi connectivity index (χ4v) is 1.16. The smallest absolute Gasteiger partial charge is 0.116 e. The van der Waals surface area contributed by atoms with Crippen molar-refractivity contribution >= 4 is 27.5 Å². The molecular weight excluding hydrogens is 218 g/mol. The van der Waals surface area contributed by atoms with Gasteiger partial charge in [-0.15, -0.1) is 0 Å². The van der Waals surface area contributed by atoms with Gasteiger partial charge in [0.2, 0.25) is 0 Å². The summed E-state index contributed by atoms with van der Waals surface area (Å²) >= 11 is 8.61. The molecule has 0 atom stereocenters. The lowest BCUT2D eigenvalue weighted by atomic mass is 10.3. The highest BCUT2D eigenvalue weighted by molar-refractivity contribution is 9.09. The molecule has 3 heteroatoms. The molecule has 0 fully saturated rings. The summed E-state index contributed by atoms with van der Waals surface area (Å²) < 4.78 is 12.1. The van der Waals surface area contributed by atoms with E-state index in [0.29, 0.717) is 15.9 Å². The van der Waals surface area contributed by atoms with Gasteiger partial charge < -0.3 is 0 Å². The van der Waals surface area contributed by atoms with Gasteiger partial charge in [0.1, 0.15) is 5.83 Å². The van der Waals surface area contributed by atoms with Crippen LogP contribution < -0.4 is 0 Å². The molecule has 0 saturated carbocycles. The summed E-state index contributed by atoms with van der Waals surface area (Å²) in [6, 6.07) is 0. The molecule has 0 aromatic rings. The highest BCUT2D eigenvalue weighted by atomic mass is 79.9. The molecular formula is C7H7BrClF. The predicted molar refractivity (Wildman–Crippen MR) is 47.1 cm³/mol. The second kappa shape index (κ2) is 4.69. The van der Waals surface area contributed by atoms with Crippen molar-refractivity contribution in [1.82, 2.24) is 0 Å². The van der Waals surface area contributed by atoms with Crippen molar-refractivity contribution in [3.63, 3.8) is 0 Å². The molecule has 0 spiro atoms. The van der Waals surface area contributed by atoms with Crippen molar-refractivity contribution in [1.29, 1.82) is 0 Å². The summed E-state index contributed by atoms with van der Waals surface area (Å²) in [5, 5.41) is 0.814. The molecule has 0 radical (unpaired) electrons. The minimum atomic E-state index is -0.517. The average Bonchev–Trinajstić information content (AvgIpc) is 1.81. The molecule has 56 valence electrons. The molecule has 0 rings (SSSR count). The second-order valence-corrected chi connectivity index (χ2v) is 2.67. The Morgan fingerprint density at radius 2 is 2.10 bits per heavy atom. The zero-order valence-electron chi connectivity index (χ0n) is 5.33. The van der Waals surface area contributed by atoms with E-state index in [2.05, 4.69) is 29.1 Å². The van der Waals surface area contributed by atoms with Crippen LogP contribution in [-0.2, 0) is 0 Å². The molecule has 0 bridgehead atoms. The number of alkyl halides is 1. The standard InChI is InChI=1S/C7H7BrClF/c1-5(10)3-7(4-8)6(2)9/h3H,1-2,4H2/b7-3-. The summed E-state index contributed by atoms with van der Waals surface area (Å²) in [5.41, 5.74) is 0.606. The maximum absolute atomic E-state index is 12.1. The third-order valence-corrected chi connectivity index (χ3v) is 1.67. The first kappa shape index (κ1) is 9.92. The largest absolute Gasteiger partial charge is 0.208 e. The van der Waals surface area contributed by atoms with E-state index in [4.69, 9.17) is 11.6 Å². The van der Waals surface area contributed by atoms with E-state index in [1.807, 2.05) is 0 Å². The predicted octanol–water partition coefficient (Wildman–Crippen LogP) is 3.54. The van der Waals surface area contributed by atoms with Crippen LogP contribution in [0.1, 0.15) is 0 Å². The Hall–Kier alpha value is -0.0800. The van der Waals surface area contributed by atoms with Crippen molar-refractivity contribution in [2.75, 3.05) is 5.33 Å². The first-order valence-electron chi connectivity index (χ1n) is 2.53. The van der Waals surface area contributed by atoms with E-state index in [1.165, 1.54) is 6.08 Å². The van der Waals surface area contributed by atoms with Crippen LogP contribution in [0.25, 0.3) is 0 Å². The van der Waals surface area contributed by atoms with Crippen LogP contribution in [0, 0.1) is 0 Å². The quantitative estimate of drug-likeness (QED) is 0.509. The van der Waals surface area contributed by atoms with Gasteiger partial charge in [-0.05, 0) is 11.6 Å². The molecule has 0 aromatic heterocycles. The second-order valence-electron chi connectivity index (χ2n) is 1.65. The van der Waals surface area contributed by atoms with Crippen molar-refractivity contribution in [3.8, 4) is 0 Å². The lowest BCUT2D eigenvalue weighted by Crippen LogP contribution is -1.82. The summed E-state index contributed by atoms with van der Waals surface area (Å²) in [4.78, 5) is 0. The van der Waals surface area contributed by atoms with Gasteiger partial charge in [-0.25, -0.2) is 4.39 Å². The van der Waals surface area contributed by atoms with Crippen LogP contribution in [0.3, 0.4) is 0 Å². The summed E-state index contributed by atoms with van der Waals surface area (Å²) in [6.45, 7) is 6.50. The molecule has 10 heavy (non-hydrogen) atoms. The number of allylic oxidation sites excluding steroid dienone is 4. The van der Waals surface area contributed by atoms with Gasteiger partial charge in [0.15, 0.2) is 0 Å². The van der Waals surface area contributed by atoms with Gasteiger partial charge in [0.25, 0.3) is 0 Å². The number of rotatable bonds is 3. The Balaban J connectivity index is 4.34. The Bertz CT molecular complexity index is 184. The molecule has 0 unspecified atom stereocenters. The summed E-state index contributed by atoms with van der Waals surface area (Å²) in [5.74, 6) is -0.517. The molecule has 0 N–H and O–H groups in total. The summed E-state index contributed by atoms with van der Waals surface area (Å²) in [6.07, 6.45) is 1.24. The number of hydrogen-bond acceptors (Lipinski definition) is 0. The molecule has 0 amide bonds. The molecule has 0 heterocycles. The van der Waals surface area contributed by atoms with Crippen LogP contribution in [0.15, 0.2) is 35.7 Å². The normalized spacial score (nSPS) is 11.3. The van der Waals surface area contributed by atoms with Crippen molar-refractivity contribution < 1.29 is 4.39 Å². The van der Waals surface area contributed by atoms with Gasteiger partial charge in [0.05, 0.1) is 0 Å². The minimum absolute atomic E-state index is 0.329. The van der Waals surface area contributed by atoms with Gasteiger partial charge in [-0.3, -0.25) is 0 Å². The lowest BCUT2D eigenvalue weighted by molar-refractivity contribution is 0.670. The maximum atomic E-state index is 12.1. The third-order valence-electron chi connectivity index (χ3n) is 0.823. The van der Waals surface area contributed by atoms with Gasteiger partial charge in [0, 0.05) is 10.4 Å². The Morgan fingerprint density at radius 1 is 1.60 bits per heavy atom. The van der Waals surface area contributed by atoms with Crippen LogP contribution in [-0.4, -0.2) is 5.33 Å². The zero-order chi connectivity index (χ0) is 8.15. The molecule has 0 saturated heterocycles. The van der Waals surface area contributed by atoms with Crippen LogP contribution >= 0.6 is 27.5 Å². The van der Waals surface area contributed by atoms with Gasteiger partial charge in [-0.2, -0.15) is 0 Å². The molecule has 0 aromatic carbocycles. The molecule has 0 aliphatic rings. The summed E-state index contributed by atoms with van der Waals surface area (Å²) in [7, 11) is 0. The molecule has 0 aliphatic carbocycles. The fraction of sp³-hybridized carbons (Fsp3) is 0.143. The fourth-order valence-electron chi connectivity index (χ4n) is 0.378. The van der Waals surface area contributed by atoms with E-state index >= 15 is 0 Å². The van der Waals surface area contributed by atoms with E-state index in [0.717, 1.165) is 0 Å². The first-order valence-corrected chi connectivity index (χ1v) is 4.03. The van der Waals surface area contributed by atoms with Gasteiger partial charge in [-0.1, -0.05) is 40.7 Å². The van der Waals surface area contributed by atoms with Crippen molar-refractivity contribution in [2.24, 2.45) is 0 Å². The topological polar surface area (TPSA) is 0 Å². The van der Waals surface area contributed by atoms with Crippen LogP contribution in [0.5, 0.6) is 0 Å². The molecule has 0 nitrogen and oxygen atoms in total. The highest BCUT2D eigenvalue weighted by Crippen LogP contribution is 2.16. The Labute approximate surface area is 73.2 Å². The van der Waals surface area contributed by atoms with Crippen molar-refractivity contribution in [2.45, 2.75) is 0 Å². The van der Waals surface area contributed by atoms with E-state index < -0.39 is 5.83 Å². The van der Waals surface area contributed by atoms with E-state index in [1.54, 1.807) is 0 Å².